The maximum Gasteiger partial charge on any atom is 0.413 e. The van der Waals surface area contributed by atoms with E-state index in [0.29, 0.717) is 5.82 Å². The third kappa shape index (κ3) is 3.32. The minimum absolute atomic E-state index is 0.228. The van der Waals surface area contributed by atoms with Crippen LogP contribution in [0.2, 0.25) is 0 Å². The molecule has 0 saturated carbocycles. The van der Waals surface area contributed by atoms with E-state index in [4.69, 9.17) is 4.74 Å². The van der Waals surface area contributed by atoms with Gasteiger partial charge in [-0.15, -0.1) is 0 Å². The van der Waals surface area contributed by atoms with Crippen LogP contribution in [-0.2, 0) is 11.3 Å². The first-order valence-electron chi connectivity index (χ1n) is 6.90. The van der Waals surface area contributed by atoms with E-state index in [2.05, 4.69) is 10.4 Å². The van der Waals surface area contributed by atoms with Gasteiger partial charge < -0.3 is 4.74 Å². The van der Waals surface area contributed by atoms with E-state index in [1.165, 1.54) is 0 Å². The first-order valence-corrected chi connectivity index (χ1v) is 6.90. The molecule has 0 radical (unpaired) electrons. The van der Waals surface area contributed by atoms with Crippen LogP contribution in [0.4, 0.5) is 10.6 Å². The number of carbonyl (C=O) groups is 1. The number of rotatable bonds is 4. The highest BCUT2D eigenvalue weighted by atomic mass is 16.5. The van der Waals surface area contributed by atoms with Crippen LogP contribution in [0.5, 0.6) is 0 Å². The number of ether oxygens (including phenoxy) is 1. The molecule has 1 aromatic heterocycles. The molecule has 0 saturated heterocycles. The number of nitrogens with zero attached hydrogens (tertiary/aromatic N) is 2. The average molecular weight is 293 g/mol. The molecular weight excluding hydrogens is 278 g/mol. The second-order valence-electron chi connectivity index (χ2n) is 4.65. The Hall–Kier alpha value is -3.08. The van der Waals surface area contributed by atoms with Crippen molar-refractivity contribution < 1.29 is 9.53 Å². The lowest BCUT2D eigenvalue weighted by Crippen LogP contribution is -2.16. The number of anilines is 1. The highest BCUT2D eigenvalue weighted by Gasteiger charge is 2.09. The molecule has 5 heteroatoms. The maximum absolute atomic E-state index is 11.9. The summed E-state index contributed by atoms with van der Waals surface area (Å²) in [6.45, 7) is 0.228. The number of para-hydroxylation sites is 1. The Labute approximate surface area is 128 Å². The molecule has 0 unspecified atom stereocenters. The van der Waals surface area contributed by atoms with Crippen molar-refractivity contribution in [3.8, 4) is 5.69 Å². The lowest BCUT2D eigenvalue weighted by Gasteiger charge is -2.09. The van der Waals surface area contributed by atoms with Gasteiger partial charge in [0.2, 0.25) is 0 Å². The summed E-state index contributed by atoms with van der Waals surface area (Å²) in [6.07, 6.45) is 1.11. The number of hydrogen-bond acceptors (Lipinski definition) is 3. The predicted octanol–water partition coefficient (Wildman–Crippen LogP) is 3.62. The summed E-state index contributed by atoms with van der Waals surface area (Å²) < 4.78 is 6.84. The second-order valence-corrected chi connectivity index (χ2v) is 4.65. The molecule has 1 amide bonds. The first-order chi connectivity index (χ1) is 10.8. The predicted molar refractivity (Wildman–Crippen MR) is 83.8 cm³/mol. The van der Waals surface area contributed by atoms with Gasteiger partial charge in [0.05, 0.1) is 11.9 Å². The number of carbonyl (C=O) groups excluding carboxylic acids is 1. The molecule has 5 nitrogen and oxygen atoms in total. The summed E-state index contributed by atoms with van der Waals surface area (Å²) in [7, 11) is 0. The molecule has 22 heavy (non-hydrogen) atoms. The van der Waals surface area contributed by atoms with Crippen LogP contribution in [-0.4, -0.2) is 15.9 Å². The molecule has 1 heterocycles. The van der Waals surface area contributed by atoms with E-state index in [0.717, 1.165) is 11.3 Å². The van der Waals surface area contributed by atoms with Crippen molar-refractivity contribution in [3.05, 3.63) is 78.5 Å². The maximum atomic E-state index is 11.9. The average Bonchev–Trinajstić information content (AvgIpc) is 3.03. The summed E-state index contributed by atoms with van der Waals surface area (Å²) in [5.41, 5.74) is 1.81. The summed E-state index contributed by atoms with van der Waals surface area (Å²) in [5.74, 6) is 0.560. The zero-order valence-electron chi connectivity index (χ0n) is 11.8. The van der Waals surface area contributed by atoms with Gasteiger partial charge in [0, 0.05) is 6.07 Å². The largest absolute Gasteiger partial charge is 0.444 e. The van der Waals surface area contributed by atoms with Gasteiger partial charge in [0.15, 0.2) is 0 Å². The second kappa shape index (κ2) is 6.58. The molecule has 110 valence electrons. The van der Waals surface area contributed by atoms with Gasteiger partial charge in [0.1, 0.15) is 12.4 Å². The third-order valence-electron chi connectivity index (χ3n) is 3.09. The van der Waals surface area contributed by atoms with E-state index >= 15 is 0 Å². The van der Waals surface area contributed by atoms with Gasteiger partial charge in [-0.1, -0.05) is 48.5 Å². The Morgan fingerprint density at radius 1 is 1.00 bits per heavy atom. The molecule has 0 atom stereocenters. The minimum Gasteiger partial charge on any atom is -0.444 e. The number of hydrogen-bond donors (Lipinski definition) is 1. The van der Waals surface area contributed by atoms with Gasteiger partial charge in [-0.05, 0) is 17.7 Å². The fourth-order valence-corrected chi connectivity index (χ4v) is 2.04. The molecule has 3 rings (SSSR count). The van der Waals surface area contributed by atoms with Crippen LogP contribution < -0.4 is 5.32 Å². The Balaban J connectivity index is 1.64. The smallest absolute Gasteiger partial charge is 0.413 e. The molecule has 3 aromatic rings. The highest BCUT2D eigenvalue weighted by molar-refractivity contribution is 5.83. The quantitative estimate of drug-likeness (QED) is 0.799. The van der Waals surface area contributed by atoms with Crippen LogP contribution in [0.15, 0.2) is 72.9 Å². The lowest BCUT2D eigenvalue weighted by molar-refractivity contribution is 0.155. The highest BCUT2D eigenvalue weighted by Crippen LogP contribution is 2.14. The topological polar surface area (TPSA) is 56.2 Å². The molecular formula is C17H15N3O2. The fourth-order valence-electron chi connectivity index (χ4n) is 2.04. The number of aromatic nitrogens is 2. The standard InChI is InChI=1S/C17H15N3O2/c21-17(22-13-14-7-3-1-4-8-14)19-16-11-12-18-20(16)15-9-5-2-6-10-15/h1-12H,13H2,(H,19,21). The Morgan fingerprint density at radius 2 is 1.68 bits per heavy atom. The van der Waals surface area contributed by atoms with Crippen molar-refractivity contribution in [2.24, 2.45) is 0 Å². The van der Waals surface area contributed by atoms with Gasteiger partial charge in [0.25, 0.3) is 0 Å². The van der Waals surface area contributed by atoms with E-state index in [9.17, 15) is 4.79 Å². The lowest BCUT2D eigenvalue weighted by atomic mass is 10.2. The summed E-state index contributed by atoms with van der Waals surface area (Å²) in [4.78, 5) is 11.9. The van der Waals surface area contributed by atoms with Crippen LogP contribution in [0, 0.1) is 0 Å². The summed E-state index contributed by atoms with van der Waals surface area (Å²) in [5, 5.41) is 6.90. The normalized spacial score (nSPS) is 10.2. The molecule has 0 fully saturated rings. The van der Waals surface area contributed by atoms with Crippen molar-refractivity contribution >= 4 is 11.9 Å². The van der Waals surface area contributed by atoms with Crippen molar-refractivity contribution in [1.82, 2.24) is 9.78 Å². The zero-order valence-corrected chi connectivity index (χ0v) is 11.8. The Morgan fingerprint density at radius 3 is 2.41 bits per heavy atom. The monoisotopic (exact) mass is 293 g/mol. The Bertz CT molecular complexity index is 739. The zero-order chi connectivity index (χ0) is 15.2. The van der Waals surface area contributed by atoms with Gasteiger partial charge in [-0.2, -0.15) is 5.10 Å². The molecule has 1 N–H and O–H groups in total. The Kier molecular flexibility index (Phi) is 4.15. The molecule has 0 spiro atoms. The fraction of sp³-hybridized carbons (Fsp3) is 0.0588. The molecule has 2 aromatic carbocycles. The minimum atomic E-state index is -0.512. The van der Waals surface area contributed by atoms with Crippen LogP contribution in [0.25, 0.3) is 5.69 Å². The number of benzene rings is 2. The van der Waals surface area contributed by atoms with E-state index in [1.807, 2.05) is 60.7 Å². The summed E-state index contributed by atoms with van der Waals surface area (Å²) >= 11 is 0. The van der Waals surface area contributed by atoms with Crippen molar-refractivity contribution in [2.75, 3.05) is 5.32 Å². The third-order valence-corrected chi connectivity index (χ3v) is 3.09. The van der Waals surface area contributed by atoms with Crippen LogP contribution in [0.3, 0.4) is 0 Å². The van der Waals surface area contributed by atoms with Crippen molar-refractivity contribution in [2.45, 2.75) is 6.61 Å². The number of nitrogens with one attached hydrogen (secondary N) is 1. The van der Waals surface area contributed by atoms with E-state index in [1.54, 1.807) is 16.9 Å². The number of amides is 1. The van der Waals surface area contributed by atoms with Crippen molar-refractivity contribution in [1.29, 1.82) is 0 Å². The SMILES string of the molecule is O=C(Nc1ccnn1-c1ccccc1)OCc1ccccc1. The molecule has 0 aliphatic heterocycles. The van der Waals surface area contributed by atoms with Crippen LogP contribution in [0.1, 0.15) is 5.56 Å². The van der Waals surface area contributed by atoms with Gasteiger partial charge in [-0.3, -0.25) is 5.32 Å². The van der Waals surface area contributed by atoms with Crippen LogP contribution >= 0.6 is 0 Å². The van der Waals surface area contributed by atoms with E-state index < -0.39 is 6.09 Å². The van der Waals surface area contributed by atoms with E-state index in [-0.39, 0.29) is 6.61 Å². The summed E-state index contributed by atoms with van der Waals surface area (Å²) in [6, 6.07) is 20.8. The van der Waals surface area contributed by atoms with Gasteiger partial charge in [-0.25, -0.2) is 9.48 Å². The molecule has 0 bridgehead atoms. The van der Waals surface area contributed by atoms with Gasteiger partial charge >= 0.3 is 6.09 Å². The first kappa shape index (κ1) is 13.9. The molecule has 0 aliphatic rings. The van der Waals surface area contributed by atoms with Crippen molar-refractivity contribution in [3.63, 3.8) is 0 Å². The molecule has 0 aliphatic carbocycles.